The van der Waals surface area contributed by atoms with E-state index in [9.17, 15) is 0 Å². The molecular weight excluding hydrogens is 172 g/mol. The number of rotatable bonds is 5. The zero-order valence-corrected chi connectivity index (χ0v) is 11.2. The standard InChI is InChI=1S/C9H18.2C2H6.H2O/c1-3-5-7-9-8-6-4-2;2*1-2;/h3,5H,4,6-9H2,1-2H3;2*1-2H3;1H2/b5-3+;;;. The Kier molecular flexibility index (Phi) is 65.0. The van der Waals surface area contributed by atoms with E-state index in [1.807, 2.05) is 27.7 Å². The van der Waals surface area contributed by atoms with Gasteiger partial charge in [0.25, 0.3) is 0 Å². The van der Waals surface area contributed by atoms with E-state index in [0.29, 0.717) is 0 Å². The summed E-state index contributed by atoms with van der Waals surface area (Å²) >= 11 is 0. The van der Waals surface area contributed by atoms with Gasteiger partial charge in [0.15, 0.2) is 0 Å². The summed E-state index contributed by atoms with van der Waals surface area (Å²) in [7, 11) is 0. The van der Waals surface area contributed by atoms with Gasteiger partial charge in [-0.25, -0.2) is 0 Å². The van der Waals surface area contributed by atoms with Crippen molar-refractivity contribution < 1.29 is 5.48 Å². The highest BCUT2D eigenvalue weighted by molar-refractivity contribution is 4.75. The van der Waals surface area contributed by atoms with Crippen molar-refractivity contribution in [1.29, 1.82) is 0 Å². The summed E-state index contributed by atoms with van der Waals surface area (Å²) in [5.41, 5.74) is 0. The fourth-order valence-corrected chi connectivity index (χ4v) is 0.856. The first kappa shape index (κ1) is 23.5. The van der Waals surface area contributed by atoms with E-state index >= 15 is 0 Å². The van der Waals surface area contributed by atoms with Crippen LogP contribution in [0.5, 0.6) is 0 Å². The Labute approximate surface area is 91.9 Å². The van der Waals surface area contributed by atoms with Crippen molar-refractivity contribution in [3.8, 4) is 0 Å². The lowest BCUT2D eigenvalue weighted by atomic mass is 10.1. The summed E-state index contributed by atoms with van der Waals surface area (Å²) in [4.78, 5) is 0. The molecule has 0 radical (unpaired) electrons. The molecule has 0 fully saturated rings. The average Bonchev–Trinajstić information content (AvgIpc) is 2.24. The van der Waals surface area contributed by atoms with Gasteiger partial charge in [0.1, 0.15) is 0 Å². The molecule has 0 heterocycles. The van der Waals surface area contributed by atoms with Gasteiger partial charge in [-0.15, -0.1) is 0 Å². The predicted octanol–water partition coefficient (Wildman–Crippen LogP) is 4.76. The molecule has 0 aliphatic rings. The monoisotopic (exact) mass is 204 g/mol. The van der Waals surface area contributed by atoms with Crippen LogP contribution >= 0.6 is 0 Å². The van der Waals surface area contributed by atoms with Crippen LogP contribution in [0, 0.1) is 0 Å². The van der Waals surface area contributed by atoms with Crippen LogP contribution in [0.1, 0.15) is 73.6 Å². The van der Waals surface area contributed by atoms with E-state index in [-0.39, 0.29) is 5.48 Å². The lowest BCUT2D eigenvalue weighted by molar-refractivity contribution is 0.674. The molecule has 14 heavy (non-hydrogen) atoms. The van der Waals surface area contributed by atoms with E-state index in [4.69, 9.17) is 0 Å². The molecule has 90 valence electrons. The van der Waals surface area contributed by atoms with E-state index in [1.54, 1.807) is 0 Å². The maximum atomic E-state index is 2.25. The smallest absolute Gasteiger partial charge is 0.0351 e. The molecule has 0 aliphatic heterocycles. The number of hydrogen-bond donors (Lipinski definition) is 0. The van der Waals surface area contributed by atoms with Gasteiger partial charge < -0.3 is 5.48 Å². The molecule has 0 amide bonds. The van der Waals surface area contributed by atoms with Crippen molar-refractivity contribution in [2.75, 3.05) is 0 Å². The normalized spacial score (nSPS) is 7.86. The molecule has 0 saturated carbocycles. The van der Waals surface area contributed by atoms with Gasteiger partial charge in [-0.3, -0.25) is 0 Å². The van der Waals surface area contributed by atoms with Crippen LogP contribution in [0.3, 0.4) is 0 Å². The SMILES string of the molecule is C/C=C/CCCCCC.CC.CC.O. The van der Waals surface area contributed by atoms with Crippen molar-refractivity contribution >= 4 is 0 Å². The Hall–Kier alpha value is -0.300. The maximum Gasteiger partial charge on any atom is -0.0351 e. The molecule has 1 heteroatoms. The topological polar surface area (TPSA) is 31.5 Å². The molecule has 0 saturated heterocycles. The summed E-state index contributed by atoms with van der Waals surface area (Å²) in [6, 6.07) is 0. The van der Waals surface area contributed by atoms with Crippen LogP contribution in [0.2, 0.25) is 0 Å². The quantitative estimate of drug-likeness (QED) is 0.457. The van der Waals surface area contributed by atoms with E-state index in [1.165, 1.54) is 32.1 Å². The molecule has 0 spiro atoms. The molecule has 0 aromatic rings. The molecule has 0 rings (SSSR count). The lowest BCUT2D eigenvalue weighted by Gasteiger charge is -1.92. The van der Waals surface area contributed by atoms with Crippen molar-refractivity contribution in [3.05, 3.63) is 12.2 Å². The fourth-order valence-electron chi connectivity index (χ4n) is 0.856. The molecule has 2 N–H and O–H groups in total. The van der Waals surface area contributed by atoms with Crippen LogP contribution in [-0.4, -0.2) is 5.48 Å². The number of allylic oxidation sites excluding steroid dienone is 2. The zero-order chi connectivity index (χ0) is 10.9. The lowest BCUT2D eigenvalue weighted by Crippen LogP contribution is -1.72. The molecule has 0 atom stereocenters. The summed E-state index contributed by atoms with van der Waals surface area (Å²) in [5.74, 6) is 0. The summed E-state index contributed by atoms with van der Waals surface area (Å²) in [6.07, 6.45) is 11.2. The first-order valence-electron chi connectivity index (χ1n) is 6.03. The maximum absolute atomic E-state index is 2.25. The van der Waals surface area contributed by atoms with Gasteiger partial charge in [0.2, 0.25) is 0 Å². The van der Waals surface area contributed by atoms with Crippen LogP contribution in [0.25, 0.3) is 0 Å². The second-order valence-electron chi connectivity index (χ2n) is 2.42. The molecule has 0 aromatic carbocycles. The van der Waals surface area contributed by atoms with Gasteiger partial charge in [0, 0.05) is 0 Å². The van der Waals surface area contributed by atoms with Crippen molar-refractivity contribution in [2.45, 2.75) is 73.6 Å². The van der Waals surface area contributed by atoms with Crippen molar-refractivity contribution in [3.63, 3.8) is 0 Å². The second-order valence-corrected chi connectivity index (χ2v) is 2.42. The number of unbranched alkanes of at least 4 members (excludes halogenated alkanes) is 4. The van der Waals surface area contributed by atoms with Crippen molar-refractivity contribution in [1.82, 2.24) is 0 Å². The highest BCUT2D eigenvalue weighted by Crippen LogP contribution is 2.02. The average molecular weight is 204 g/mol. The highest BCUT2D eigenvalue weighted by Gasteiger charge is 1.82. The minimum Gasteiger partial charge on any atom is -0.412 e. The van der Waals surface area contributed by atoms with Gasteiger partial charge >= 0.3 is 0 Å². The van der Waals surface area contributed by atoms with Gasteiger partial charge in [-0.05, 0) is 19.8 Å². The fraction of sp³-hybridized carbons (Fsp3) is 0.846. The van der Waals surface area contributed by atoms with Crippen molar-refractivity contribution in [2.24, 2.45) is 0 Å². The third kappa shape index (κ3) is 41.2. The Morgan fingerprint density at radius 1 is 0.857 bits per heavy atom. The predicted molar refractivity (Wildman–Crippen MR) is 69.9 cm³/mol. The minimum absolute atomic E-state index is 0. The Bertz CT molecular complexity index is 67.6. The van der Waals surface area contributed by atoms with E-state index < -0.39 is 0 Å². The zero-order valence-electron chi connectivity index (χ0n) is 11.2. The molecule has 0 aromatic heterocycles. The molecule has 0 unspecified atom stereocenters. The third-order valence-corrected chi connectivity index (χ3v) is 1.46. The first-order chi connectivity index (χ1) is 6.41. The Morgan fingerprint density at radius 2 is 1.36 bits per heavy atom. The van der Waals surface area contributed by atoms with Gasteiger partial charge in [-0.2, -0.15) is 0 Å². The van der Waals surface area contributed by atoms with Crippen LogP contribution in [0.15, 0.2) is 12.2 Å². The van der Waals surface area contributed by atoms with E-state index in [2.05, 4.69) is 26.0 Å². The van der Waals surface area contributed by atoms with E-state index in [0.717, 1.165) is 0 Å². The molecule has 1 nitrogen and oxygen atoms in total. The number of hydrogen-bond acceptors (Lipinski definition) is 0. The second kappa shape index (κ2) is 38.7. The minimum atomic E-state index is 0. The molecular formula is C13H32O. The Balaban J connectivity index is -0.0000000883. The van der Waals surface area contributed by atoms with Gasteiger partial charge in [0.05, 0.1) is 0 Å². The largest absolute Gasteiger partial charge is 0.412 e. The van der Waals surface area contributed by atoms with Crippen LogP contribution < -0.4 is 0 Å². The summed E-state index contributed by atoms with van der Waals surface area (Å²) in [6.45, 7) is 12.3. The summed E-state index contributed by atoms with van der Waals surface area (Å²) < 4.78 is 0. The van der Waals surface area contributed by atoms with Crippen LogP contribution in [-0.2, 0) is 0 Å². The molecule has 0 aliphatic carbocycles. The third-order valence-electron chi connectivity index (χ3n) is 1.46. The Morgan fingerprint density at radius 3 is 1.71 bits per heavy atom. The first-order valence-corrected chi connectivity index (χ1v) is 6.03. The molecule has 0 bridgehead atoms. The summed E-state index contributed by atoms with van der Waals surface area (Å²) in [5, 5.41) is 0. The highest BCUT2D eigenvalue weighted by atomic mass is 16.0. The van der Waals surface area contributed by atoms with Crippen LogP contribution in [0.4, 0.5) is 0 Å². The van der Waals surface area contributed by atoms with Gasteiger partial charge in [-0.1, -0.05) is 66.0 Å².